The summed E-state index contributed by atoms with van der Waals surface area (Å²) in [6.07, 6.45) is 4.15. The van der Waals surface area contributed by atoms with Crippen molar-refractivity contribution in [2.75, 3.05) is 36.5 Å². The number of piperidine rings is 1. The molecule has 0 radical (unpaired) electrons. The zero-order chi connectivity index (χ0) is 17.3. The highest BCUT2D eigenvalue weighted by atomic mass is 32.2. The van der Waals surface area contributed by atoms with E-state index < -0.39 is 9.84 Å². The maximum atomic E-state index is 12.7. The Kier molecular flexibility index (Phi) is 4.76. The molecule has 24 heavy (non-hydrogen) atoms. The minimum atomic E-state index is -3.02. The van der Waals surface area contributed by atoms with Crippen LogP contribution in [0.25, 0.3) is 0 Å². The third-order valence-corrected chi connectivity index (χ3v) is 6.81. The molecule has 0 bridgehead atoms. The monoisotopic (exact) mass is 352 g/mol. The van der Waals surface area contributed by atoms with Gasteiger partial charge in [-0.2, -0.15) is 0 Å². The Morgan fingerprint density at radius 2 is 1.96 bits per heavy atom. The summed E-state index contributed by atoms with van der Waals surface area (Å²) in [6, 6.07) is 1.45. The number of nitrogens with zero attached hydrogens (tertiary/aromatic N) is 4. The van der Waals surface area contributed by atoms with Crippen molar-refractivity contribution in [3.05, 3.63) is 18.1 Å². The summed E-state index contributed by atoms with van der Waals surface area (Å²) in [5.74, 6) is 1.44. The van der Waals surface area contributed by atoms with Gasteiger partial charge in [-0.1, -0.05) is 6.92 Å². The van der Waals surface area contributed by atoms with Crippen molar-refractivity contribution in [1.29, 1.82) is 0 Å². The Morgan fingerprint density at radius 3 is 2.58 bits per heavy atom. The first-order valence-electron chi connectivity index (χ1n) is 8.40. The van der Waals surface area contributed by atoms with Crippen LogP contribution in [-0.2, 0) is 9.84 Å². The van der Waals surface area contributed by atoms with Crippen LogP contribution < -0.4 is 4.90 Å². The Bertz CT molecular complexity index is 714. The molecule has 1 unspecified atom stereocenters. The quantitative estimate of drug-likeness (QED) is 0.806. The molecule has 3 rings (SSSR count). The van der Waals surface area contributed by atoms with Crippen molar-refractivity contribution in [3.63, 3.8) is 0 Å². The van der Waals surface area contributed by atoms with Gasteiger partial charge in [-0.05, 0) is 25.2 Å². The molecule has 2 aliphatic heterocycles. The van der Waals surface area contributed by atoms with Gasteiger partial charge < -0.3 is 9.80 Å². The molecule has 7 nitrogen and oxygen atoms in total. The summed E-state index contributed by atoms with van der Waals surface area (Å²) < 4.78 is 23.2. The molecule has 1 aromatic rings. The number of carbonyl (C=O) groups excluding carboxylic acids is 1. The van der Waals surface area contributed by atoms with E-state index in [1.165, 1.54) is 11.2 Å². The van der Waals surface area contributed by atoms with E-state index in [4.69, 9.17) is 0 Å². The van der Waals surface area contributed by atoms with E-state index in [9.17, 15) is 13.2 Å². The molecule has 0 aromatic carbocycles. The highest BCUT2D eigenvalue weighted by molar-refractivity contribution is 7.91. The molecule has 0 aliphatic carbocycles. The number of anilines is 1. The fourth-order valence-electron chi connectivity index (χ4n) is 3.30. The normalized spacial score (nSPS) is 24.1. The van der Waals surface area contributed by atoms with Crippen LogP contribution in [0.3, 0.4) is 0 Å². The number of sulfone groups is 1. The van der Waals surface area contributed by atoms with E-state index >= 15 is 0 Å². The molecule has 132 valence electrons. The van der Waals surface area contributed by atoms with Crippen molar-refractivity contribution in [2.45, 2.75) is 32.2 Å². The van der Waals surface area contributed by atoms with Crippen LogP contribution >= 0.6 is 0 Å². The molecular weight excluding hydrogens is 328 g/mol. The van der Waals surface area contributed by atoms with E-state index in [1.807, 2.05) is 0 Å². The van der Waals surface area contributed by atoms with Crippen molar-refractivity contribution in [3.8, 4) is 0 Å². The number of carbonyl (C=O) groups is 1. The van der Waals surface area contributed by atoms with Gasteiger partial charge in [0.15, 0.2) is 9.84 Å². The second-order valence-corrected chi connectivity index (χ2v) is 9.13. The molecule has 0 N–H and O–H groups in total. The zero-order valence-electron chi connectivity index (χ0n) is 14.2. The van der Waals surface area contributed by atoms with E-state index in [-0.39, 0.29) is 23.5 Å². The largest absolute Gasteiger partial charge is 0.356 e. The first-order valence-corrected chi connectivity index (χ1v) is 10.2. The zero-order valence-corrected chi connectivity index (χ0v) is 15.0. The Hall–Kier alpha value is -1.70. The SMILES string of the molecule is CC1CCN(c2cc(C(=O)N(C)C3CCS(=O)(=O)C3)ncn2)CC1. The van der Waals surface area contributed by atoms with Crippen LogP contribution in [0.5, 0.6) is 0 Å². The number of rotatable bonds is 3. The Morgan fingerprint density at radius 1 is 1.25 bits per heavy atom. The summed E-state index contributed by atoms with van der Waals surface area (Å²) in [6.45, 7) is 4.11. The van der Waals surface area contributed by atoms with Crippen LogP contribution in [-0.4, -0.2) is 66.9 Å². The standard InChI is InChI=1S/C16H24N4O3S/c1-12-3-6-20(7-4-12)15-9-14(17-11-18-15)16(21)19(2)13-5-8-24(22,23)10-13/h9,11-13H,3-8,10H2,1-2H3. The van der Waals surface area contributed by atoms with Gasteiger partial charge in [0, 0.05) is 32.2 Å². The van der Waals surface area contributed by atoms with Gasteiger partial charge in [-0.15, -0.1) is 0 Å². The maximum absolute atomic E-state index is 12.7. The average molecular weight is 352 g/mol. The summed E-state index contributed by atoms with van der Waals surface area (Å²) in [5.41, 5.74) is 0.324. The summed E-state index contributed by atoms with van der Waals surface area (Å²) in [5, 5.41) is 0. The highest BCUT2D eigenvalue weighted by Gasteiger charge is 2.33. The van der Waals surface area contributed by atoms with Gasteiger partial charge >= 0.3 is 0 Å². The molecule has 3 heterocycles. The first-order chi connectivity index (χ1) is 11.4. The Labute approximate surface area is 143 Å². The molecule has 1 amide bonds. The van der Waals surface area contributed by atoms with Crippen molar-refractivity contribution in [1.82, 2.24) is 14.9 Å². The third-order valence-electron chi connectivity index (χ3n) is 5.06. The lowest BCUT2D eigenvalue weighted by Gasteiger charge is -2.31. The summed E-state index contributed by atoms with van der Waals surface area (Å²) in [4.78, 5) is 24.7. The van der Waals surface area contributed by atoms with Crippen molar-refractivity contribution >= 4 is 21.6 Å². The predicted octanol–water partition coefficient (Wildman–Crippen LogP) is 0.972. The molecule has 2 fully saturated rings. The van der Waals surface area contributed by atoms with Crippen LogP contribution in [0.1, 0.15) is 36.7 Å². The van der Waals surface area contributed by atoms with Crippen LogP contribution in [0, 0.1) is 5.92 Å². The Balaban J connectivity index is 1.72. The number of hydrogen-bond acceptors (Lipinski definition) is 6. The number of amides is 1. The van der Waals surface area contributed by atoms with Gasteiger partial charge in [0.1, 0.15) is 17.8 Å². The predicted molar refractivity (Wildman–Crippen MR) is 91.8 cm³/mol. The number of aromatic nitrogens is 2. The van der Waals surface area contributed by atoms with Crippen molar-refractivity contribution < 1.29 is 13.2 Å². The summed E-state index contributed by atoms with van der Waals surface area (Å²) >= 11 is 0. The van der Waals surface area contributed by atoms with Gasteiger partial charge in [-0.3, -0.25) is 4.79 Å². The molecule has 1 atom stereocenters. The van der Waals surface area contributed by atoms with Gasteiger partial charge in [-0.25, -0.2) is 18.4 Å². The fraction of sp³-hybridized carbons (Fsp3) is 0.688. The fourth-order valence-corrected chi connectivity index (χ4v) is 5.08. The minimum Gasteiger partial charge on any atom is -0.356 e. The lowest BCUT2D eigenvalue weighted by atomic mass is 9.99. The second-order valence-electron chi connectivity index (χ2n) is 6.90. The molecule has 0 spiro atoms. The maximum Gasteiger partial charge on any atom is 0.272 e. The van der Waals surface area contributed by atoms with Crippen molar-refractivity contribution in [2.24, 2.45) is 5.92 Å². The smallest absolute Gasteiger partial charge is 0.272 e. The van der Waals surface area contributed by atoms with E-state index in [1.54, 1.807) is 13.1 Å². The molecule has 2 saturated heterocycles. The molecule has 2 aliphatic rings. The summed E-state index contributed by atoms with van der Waals surface area (Å²) in [7, 11) is -1.37. The van der Waals surface area contributed by atoms with E-state index in [2.05, 4.69) is 21.8 Å². The lowest BCUT2D eigenvalue weighted by molar-refractivity contribution is 0.0741. The highest BCUT2D eigenvalue weighted by Crippen LogP contribution is 2.22. The van der Waals surface area contributed by atoms with Crippen LogP contribution in [0.4, 0.5) is 5.82 Å². The molecule has 1 aromatic heterocycles. The third kappa shape index (κ3) is 3.68. The average Bonchev–Trinajstić information content (AvgIpc) is 2.94. The van der Waals surface area contributed by atoms with Crippen LogP contribution in [0.15, 0.2) is 12.4 Å². The van der Waals surface area contributed by atoms with Gasteiger partial charge in [0.05, 0.1) is 11.5 Å². The number of hydrogen-bond donors (Lipinski definition) is 0. The van der Waals surface area contributed by atoms with Crippen LogP contribution in [0.2, 0.25) is 0 Å². The van der Waals surface area contributed by atoms with E-state index in [0.29, 0.717) is 12.1 Å². The molecule has 8 heteroatoms. The van der Waals surface area contributed by atoms with Gasteiger partial charge in [0.25, 0.3) is 5.91 Å². The lowest BCUT2D eigenvalue weighted by Crippen LogP contribution is -2.38. The van der Waals surface area contributed by atoms with E-state index in [0.717, 1.165) is 37.7 Å². The minimum absolute atomic E-state index is 0.0389. The molecular formula is C16H24N4O3S. The second kappa shape index (κ2) is 6.66. The molecule has 0 saturated carbocycles. The van der Waals surface area contributed by atoms with Gasteiger partial charge in [0.2, 0.25) is 0 Å². The topological polar surface area (TPSA) is 83.5 Å². The first kappa shape index (κ1) is 17.1.